The summed E-state index contributed by atoms with van der Waals surface area (Å²) in [5.41, 5.74) is 0.0159. The maximum absolute atomic E-state index is 12.8. The number of nitrogens with zero attached hydrogens (tertiary/aromatic N) is 1. The van der Waals surface area contributed by atoms with E-state index in [1.807, 2.05) is 16.8 Å². The van der Waals surface area contributed by atoms with Gasteiger partial charge in [-0.05, 0) is 60.2 Å². The van der Waals surface area contributed by atoms with E-state index >= 15 is 0 Å². The lowest BCUT2D eigenvalue weighted by Crippen LogP contribution is -2.33. The van der Waals surface area contributed by atoms with Crippen molar-refractivity contribution in [1.82, 2.24) is 4.90 Å². The minimum atomic E-state index is -1.10. The average Bonchev–Trinajstić information content (AvgIpc) is 3.14. The lowest BCUT2D eigenvalue weighted by atomic mass is 10.1. The summed E-state index contributed by atoms with van der Waals surface area (Å²) in [4.78, 5) is 14.5. The summed E-state index contributed by atoms with van der Waals surface area (Å²) in [6.45, 7) is 8.57. The normalized spacial score (nSPS) is 11.2. The first-order valence-electron chi connectivity index (χ1n) is 7.90. The van der Waals surface area contributed by atoms with Gasteiger partial charge in [0, 0.05) is 13.1 Å². The second-order valence-electron chi connectivity index (χ2n) is 6.68. The number of carbonyl (C=O) groups excluding carboxylic acids is 1. The summed E-state index contributed by atoms with van der Waals surface area (Å²) in [5, 5.41) is 13.7. The number of hydrogen-bond donors (Lipinski definition) is 1. The Kier molecular flexibility index (Phi) is 5.87. The second-order valence-corrected chi connectivity index (χ2v) is 7.46. The fraction of sp³-hybridized carbons (Fsp3) is 0.421. The molecule has 2 heterocycles. The summed E-state index contributed by atoms with van der Waals surface area (Å²) in [6.07, 6.45) is 0. The Labute approximate surface area is 147 Å². The van der Waals surface area contributed by atoms with Crippen LogP contribution in [0.1, 0.15) is 49.6 Å². The summed E-state index contributed by atoms with van der Waals surface area (Å²) in [7, 11) is 0. The molecule has 5 heteroatoms. The number of amides is 1. The van der Waals surface area contributed by atoms with E-state index in [2.05, 4.69) is 25.7 Å². The maximum Gasteiger partial charge on any atom is 0.289 e. The molecule has 0 radical (unpaired) electrons. The van der Waals surface area contributed by atoms with Gasteiger partial charge in [-0.2, -0.15) is 11.3 Å². The number of carbonyl (C=O) groups is 1. The largest absolute Gasteiger partial charge is 0.443 e. The highest BCUT2D eigenvalue weighted by atomic mass is 32.1. The molecule has 1 N–H and O–H groups in total. The first-order valence-corrected chi connectivity index (χ1v) is 8.84. The highest BCUT2D eigenvalue weighted by molar-refractivity contribution is 7.07. The topological polar surface area (TPSA) is 53.7 Å². The summed E-state index contributed by atoms with van der Waals surface area (Å²) in [6, 6.07) is 5.31. The zero-order valence-electron chi connectivity index (χ0n) is 14.5. The molecule has 128 valence electrons. The van der Waals surface area contributed by atoms with E-state index in [0.717, 1.165) is 5.56 Å². The zero-order chi connectivity index (χ0) is 17.7. The lowest BCUT2D eigenvalue weighted by molar-refractivity contribution is 0.0690. The highest BCUT2D eigenvalue weighted by Crippen LogP contribution is 2.16. The van der Waals surface area contributed by atoms with Crippen LogP contribution in [0.2, 0.25) is 0 Å². The van der Waals surface area contributed by atoms with Crippen molar-refractivity contribution in [1.29, 1.82) is 0 Å². The van der Waals surface area contributed by atoms with Gasteiger partial charge in [0.15, 0.2) is 11.5 Å². The van der Waals surface area contributed by atoms with Gasteiger partial charge in [-0.3, -0.25) is 4.79 Å². The van der Waals surface area contributed by atoms with Crippen LogP contribution in [0.3, 0.4) is 0 Å². The monoisotopic (exact) mass is 345 g/mol. The fourth-order valence-corrected chi connectivity index (χ4v) is 2.81. The average molecular weight is 345 g/mol. The van der Waals surface area contributed by atoms with Crippen molar-refractivity contribution in [2.45, 2.75) is 39.8 Å². The smallest absolute Gasteiger partial charge is 0.289 e. The molecule has 0 saturated heterocycles. The number of thiophene rings is 1. The van der Waals surface area contributed by atoms with Gasteiger partial charge in [0.2, 0.25) is 0 Å². The van der Waals surface area contributed by atoms with Crippen LogP contribution in [0.4, 0.5) is 0 Å². The van der Waals surface area contributed by atoms with E-state index in [-0.39, 0.29) is 11.7 Å². The van der Waals surface area contributed by atoms with E-state index in [1.165, 1.54) is 0 Å². The molecule has 1 amide bonds. The van der Waals surface area contributed by atoms with Crippen LogP contribution >= 0.6 is 11.3 Å². The molecule has 0 fully saturated rings. The number of rotatable bonds is 5. The van der Waals surface area contributed by atoms with Crippen molar-refractivity contribution in [3.05, 3.63) is 46.0 Å². The molecule has 0 aromatic carbocycles. The minimum Gasteiger partial charge on any atom is -0.443 e. The van der Waals surface area contributed by atoms with Gasteiger partial charge in [0.05, 0.1) is 0 Å². The molecule has 0 aliphatic carbocycles. The molecule has 4 nitrogen and oxygen atoms in total. The summed E-state index contributed by atoms with van der Waals surface area (Å²) >= 11 is 1.62. The first kappa shape index (κ1) is 18.3. The molecule has 0 spiro atoms. The van der Waals surface area contributed by atoms with Crippen LogP contribution in [-0.2, 0) is 6.54 Å². The molecule has 0 bridgehead atoms. The molecule has 0 saturated carbocycles. The highest BCUT2D eigenvalue weighted by Gasteiger charge is 2.20. The Balaban J connectivity index is 2.16. The molecule has 0 aliphatic heterocycles. The Bertz CT molecular complexity index is 727. The molecule has 0 aliphatic rings. The van der Waals surface area contributed by atoms with E-state index in [9.17, 15) is 9.90 Å². The lowest BCUT2D eigenvalue weighted by Gasteiger charge is -2.23. The standard InChI is InChI=1S/C19H23NO3S/c1-14(2)11-20(12-15-8-10-24-13-15)18(21)17-6-5-16(23-17)7-9-19(3,4)22/h5-6,8,10,13-14,22H,11-12H2,1-4H3. The second kappa shape index (κ2) is 7.69. The third-order valence-corrected chi connectivity index (χ3v) is 3.87. The number of hydrogen-bond acceptors (Lipinski definition) is 4. The van der Waals surface area contributed by atoms with Crippen LogP contribution in [0.5, 0.6) is 0 Å². The molecular weight excluding hydrogens is 322 g/mol. The summed E-state index contributed by atoms with van der Waals surface area (Å²) < 4.78 is 5.55. The van der Waals surface area contributed by atoms with Gasteiger partial charge < -0.3 is 14.4 Å². The van der Waals surface area contributed by atoms with Gasteiger partial charge in [-0.1, -0.05) is 19.8 Å². The van der Waals surface area contributed by atoms with Crippen LogP contribution in [0.15, 0.2) is 33.4 Å². The van der Waals surface area contributed by atoms with Crippen LogP contribution in [0.25, 0.3) is 0 Å². The van der Waals surface area contributed by atoms with Crippen molar-refractivity contribution >= 4 is 17.2 Å². The van der Waals surface area contributed by atoms with Gasteiger partial charge in [0.25, 0.3) is 5.91 Å². The maximum atomic E-state index is 12.8. The molecule has 2 aromatic rings. The van der Waals surface area contributed by atoms with Crippen molar-refractivity contribution in [3.8, 4) is 11.8 Å². The van der Waals surface area contributed by atoms with Crippen molar-refractivity contribution < 1.29 is 14.3 Å². The molecular formula is C19H23NO3S. The van der Waals surface area contributed by atoms with E-state index in [0.29, 0.717) is 24.8 Å². The van der Waals surface area contributed by atoms with Crippen molar-refractivity contribution in [3.63, 3.8) is 0 Å². The molecule has 24 heavy (non-hydrogen) atoms. The Hall–Kier alpha value is -2.03. The van der Waals surface area contributed by atoms with Crippen LogP contribution in [-0.4, -0.2) is 28.1 Å². The van der Waals surface area contributed by atoms with Crippen LogP contribution in [0, 0.1) is 17.8 Å². The third-order valence-electron chi connectivity index (χ3n) is 3.13. The first-order chi connectivity index (χ1) is 11.2. The zero-order valence-corrected chi connectivity index (χ0v) is 15.3. The Morgan fingerprint density at radius 3 is 2.71 bits per heavy atom. The van der Waals surface area contributed by atoms with Gasteiger partial charge >= 0.3 is 0 Å². The quantitative estimate of drug-likeness (QED) is 0.840. The van der Waals surface area contributed by atoms with E-state index in [4.69, 9.17) is 4.42 Å². The Morgan fingerprint density at radius 2 is 2.12 bits per heavy atom. The third kappa shape index (κ3) is 5.55. The molecule has 2 rings (SSSR count). The van der Waals surface area contributed by atoms with Crippen LogP contribution < -0.4 is 0 Å². The van der Waals surface area contributed by atoms with E-state index < -0.39 is 5.60 Å². The number of furan rings is 1. The van der Waals surface area contributed by atoms with Crippen molar-refractivity contribution in [2.75, 3.05) is 6.54 Å². The van der Waals surface area contributed by atoms with Gasteiger partial charge in [-0.15, -0.1) is 0 Å². The van der Waals surface area contributed by atoms with Gasteiger partial charge in [-0.25, -0.2) is 0 Å². The fourth-order valence-electron chi connectivity index (χ4n) is 2.15. The molecule has 0 atom stereocenters. The molecule has 0 unspecified atom stereocenters. The molecule has 2 aromatic heterocycles. The Morgan fingerprint density at radius 1 is 1.38 bits per heavy atom. The van der Waals surface area contributed by atoms with Gasteiger partial charge in [0.1, 0.15) is 5.60 Å². The number of aliphatic hydroxyl groups is 1. The summed E-state index contributed by atoms with van der Waals surface area (Å²) in [5.74, 6) is 6.28. The SMILES string of the molecule is CC(C)CN(Cc1ccsc1)C(=O)c1ccc(C#CC(C)(C)O)o1. The van der Waals surface area contributed by atoms with E-state index in [1.54, 1.807) is 42.2 Å². The minimum absolute atomic E-state index is 0.147. The predicted octanol–water partition coefficient (Wildman–Crippen LogP) is 3.76. The predicted molar refractivity (Wildman–Crippen MR) is 95.8 cm³/mol. The van der Waals surface area contributed by atoms with Crippen molar-refractivity contribution in [2.24, 2.45) is 5.92 Å².